The van der Waals surface area contributed by atoms with Crippen molar-refractivity contribution in [3.05, 3.63) is 78.1 Å². The number of hydrogen-bond donors (Lipinski definition) is 1. The summed E-state index contributed by atoms with van der Waals surface area (Å²) < 4.78 is 7.49. The van der Waals surface area contributed by atoms with Crippen molar-refractivity contribution in [1.82, 2.24) is 15.1 Å². The monoisotopic (exact) mass is 319 g/mol. The first-order valence-corrected chi connectivity index (χ1v) is 7.91. The van der Waals surface area contributed by atoms with Crippen molar-refractivity contribution in [1.29, 1.82) is 0 Å². The first-order chi connectivity index (χ1) is 11.8. The van der Waals surface area contributed by atoms with E-state index in [2.05, 4.69) is 10.4 Å². The third-order valence-corrected chi connectivity index (χ3v) is 4.06. The highest BCUT2D eigenvalue weighted by Crippen LogP contribution is 2.28. The highest BCUT2D eigenvalue weighted by Gasteiger charge is 2.28. The van der Waals surface area contributed by atoms with E-state index in [0.29, 0.717) is 13.0 Å². The number of nitrogens with one attached hydrogen (secondary N) is 1. The number of carbonyl (C=O) groups is 1. The zero-order chi connectivity index (χ0) is 16.4. The Labute approximate surface area is 139 Å². The van der Waals surface area contributed by atoms with Gasteiger partial charge in [0.05, 0.1) is 11.9 Å². The van der Waals surface area contributed by atoms with Crippen LogP contribution in [-0.4, -0.2) is 21.8 Å². The van der Waals surface area contributed by atoms with Crippen molar-refractivity contribution >= 4 is 5.91 Å². The summed E-state index contributed by atoms with van der Waals surface area (Å²) in [4.78, 5) is 12.3. The van der Waals surface area contributed by atoms with Crippen molar-refractivity contribution in [3.8, 4) is 11.4 Å². The van der Waals surface area contributed by atoms with Gasteiger partial charge in [0.15, 0.2) is 6.10 Å². The molecule has 0 radical (unpaired) electrons. The molecule has 24 heavy (non-hydrogen) atoms. The summed E-state index contributed by atoms with van der Waals surface area (Å²) in [6, 6.07) is 17.6. The lowest BCUT2D eigenvalue weighted by molar-refractivity contribution is -0.127. The van der Waals surface area contributed by atoms with Crippen LogP contribution in [0.1, 0.15) is 11.1 Å². The van der Waals surface area contributed by atoms with Crippen molar-refractivity contribution < 1.29 is 9.53 Å². The number of rotatable bonds is 4. The zero-order valence-electron chi connectivity index (χ0n) is 13.1. The molecule has 0 saturated heterocycles. The Morgan fingerprint density at radius 2 is 1.96 bits per heavy atom. The summed E-state index contributed by atoms with van der Waals surface area (Å²) in [5.74, 6) is 0.702. The Morgan fingerprint density at radius 1 is 1.17 bits per heavy atom. The number of ether oxygens (including phenoxy) is 1. The van der Waals surface area contributed by atoms with E-state index >= 15 is 0 Å². The molecular formula is C19H17N3O2. The van der Waals surface area contributed by atoms with E-state index in [4.69, 9.17) is 4.74 Å². The van der Waals surface area contributed by atoms with Crippen LogP contribution < -0.4 is 10.1 Å². The van der Waals surface area contributed by atoms with Gasteiger partial charge in [-0.1, -0.05) is 36.4 Å². The van der Waals surface area contributed by atoms with E-state index in [1.54, 1.807) is 10.9 Å². The Bertz CT molecular complexity index is 833. The van der Waals surface area contributed by atoms with Crippen LogP contribution in [0.15, 0.2) is 67.0 Å². The predicted molar refractivity (Wildman–Crippen MR) is 90.0 cm³/mol. The number of amides is 1. The molecule has 2 aromatic carbocycles. The second-order valence-electron chi connectivity index (χ2n) is 5.76. The Kier molecular flexibility index (Phi) is 3.75. The molecule has 0 spiro atoms. The smallest absolute Gasteiger partial charge is 0.261 e. The van der Waals surface area contributed by atoms with E-state index < -0.39 is 6.10 Å². The normalized spacial score (nSPS) is 15.6. The van der Waals surface area contributed by atoms with Crippen LogP contribution in [-0.2, 0) is 17.8 Å². The van der Waals surface area contributed by atoms with E-state index in [-0.39, 0.29) is 5.91 Å². The maximum absolute atomic E-state index is 12.3. The van der Waals surface area contributed by atoms with Crippen LogP contribution in [0.3, 0.4) is 0 Å². The molecule has 1 amide bonds. The fourth-order valence-electron chi connectivity index (χ4n) is 2.80. The van der Waals surface area contributed by atoms with E-state index in [1.165, 1.54) is 0 Å². The summed E-state index contributed by atoms with van der Waals surface area (Å²) >= 11 is 0. The number of aromatic nitrogens is 2. The zero-order valence-corrected chi connectivity index (χ0v) is 13.1. The molecule has 1 aliphatic rings. The summed E-state index contributed by atoms with van der Waals surface area (Å²) in [6.45, 7) is 0.432. The topological polar surface area (TPSA) is 56.2 Å². The SMILES string of the molecule is O=C(NCc1cnn(-c2ccccc2)c1)[C@H]1Cc2ccccc2O1. The minimum atomic E-state index is -0.452. The molecule has 0 saturated carbocycles. The van der Waals surface area contributed by atoms with Gasteiger partial charge in [-0.3, -0.25) is 4.79 Å². The molecule has 1 aromatic heterocycles. The molecule has 2 heterocycles. The van der Waals surface area contributed by atoms with E-state index in [0.717, 1.165) is 22.6 Å². The van der Waals surface area contributed by atoms with Crippen molar-refractivity contribution in [2.75, 3.05) is 0 Å². The summed E-state index contributed by atoms with van der Waals surface area (Å²) in [5, 5.41) is 7.25. The number of carbonyl (C=O) groups excluding carboxylic acids is 1. The van der Waals surface area contributed by atoms with Crippen LogP contribution >= 0.6 is 0 Å². The van der Waals surface area contributed by atoms with Crippen molar-refractivity contribution in [2.24, 2.45) is 0 Å². The number of fused-ring (bicyclic) bond motifs is 1. The average molecular weight is 319 g/mol. The molecule has 1 aliphatic heterocycles. The molecule has 5 heteroatoms. The van der Waals surface area contributed by atoms with Gasteiger partial charge in [0.2, 0.25) is 0 Å². The lowest BCUT2D eigenvalue weighted by Gasteiger charge is -2.10. The van der Waals surface area contributed by atoms with Gasteiger partial charge in [-0.15, -0.1) is 0 Å². The number of nitrogens with zero attached hydrogens (tertiary/aromatic N) is 2. The van der Waals surface area contributed by atoms with Crippen LogP contribution in [0, 0.1) is 0 Å². The first kappa shape index (κ1) is 14.5. The standard InChI is InChI=1S/C19H17N3O2/c23-19(18-10-15-6-4-5-9-17(15)24-18)20-11-14-12-21-22(13-14)16-7-2-1-3-8-16/h1-9,12-13,18H,10-11H2,(H,20,23)/t18-/m1/s1. The molecule has 120 valence electrons. The van der Waals surface area contributed by atoms with Gasteiger partial charge >= 0.3 is 0 Å². The largest absolute Gasteiger partial charge is 0.480 e. The van der Waals surface area contributed by atoms with Crippen LogP contribution in [0.25, 0.3) is 5.69 Å². The number of hydrogen-bond acceptors (Lipinski definition) is 3. The predicted octanol–water partition coefficient (Wildman–Crippen LogP) is 2.49. The number of para-hydroxylation sites is 2. The van der Waals surface area contributed by atoms with Gasteiger partial charge in [0.25, 0.3) is 5.91 Å². The van der Waals surface area contributed by atoms with Crippen LogP contribution in [0.2, 0.25) is 0 Å². The fraction of sp³-hybridized carbons (Fsp3) is 0.158. The molecule has 0 aliphatic carbocycles. The van der Waals surface area contributed by atoms with Gasteiger partial charge < -0.3 is 10.1 Å². The third-order valence-electron chi connectivity index (χ3n) is 4.06. The molecule has 3 aromatic rings. The van der Waals surface area contributed by atoms with Crippen LogP contribution in [0.4, 0.5) is 0 Å². The van der Waals surface area contributed by atoms with E-state index in [9.17, 15) is 4.79 Å². The third kappa shape index (κ3) is 2.88. The second-order valence-corrected chi connectivity index (χ2v) is 5.76. The van der Waals surface area contributed by atoms with E-state index in [1.807, 2.05) is 60.8 Å². The first-order valence-electron chi connectivity index (χ1n) is 7.91. The highest BCUT2D eigenvalue weighted by atomic mass is 16.5. The average Bonchev–Trinajstić information content (AvgIpc) is 3.27. The number of benzene rings is 2. The lowest BCUT2D eigenvalue weighted by Crippen LogP contribution is -2.36. The quantitative estimate of drug-likeness (QED) is 0.804. The molecule has 0 fully saturated rings. The second kappa shape index (κ2) is 6.20. The minimum absolute atomic E-state index is 0.0985. The van der Waals surface area contributed by atoms with Gasteiger partial charge in [-0.25, -0.2) is 4.68 Å². The molecular weight excluding hydrogens is 302 g/mol. The molecule has 4 rings (SSSR count). The summed E-state index contributed by atoms with van der Waals surface area (Å²) in [7, 11) is 0. The molecule has 1 atom stereocenters. The van der Waals surface area contributed by atoms with Gasteiger partial charge in [-0.2, -0.15) is 5.10 Å². The Hall–Kier alpha value is -3.08. The fourth-order valence-corrected chi connectivity index (χ4v) is 2.80. The van der Waals surface area contributed by atoms with Gasteiger partial charge in [-0.05, 0) is 23.8 Å². The molecule has 1 N–H and O–H groups in total. The minimum Gasteiger partial charge on any atom is -0.480 e. The maximum atomic E-state index is 12.3. The Morgan fingerprint density at radius 3 is 2.79 bits per heavy atom. The maximum Gasteiger partial charge on any atom is 0.261 e. The Balaban J connectivity index is 1.36. The van der Waals surface area contributed by atoms with Gasteiger partial charge in [0, 0.05) is 24.7 Å². The molecule has 5 nitrogen and oxygen atoms in total. The van der Waals surface area contributed by atoms with Crippen molar-refractivity contribution in [2.45, 2.75) is 19.1 Å². The summed E-state index contributed by atoms with van der Waals surface area (Å²) in [5.41, 5.74) is 3.02. The van der Waals surface area contributed by atoms with Gasteiger partial charge in [0.1, 0.15) is 5.75 Å². The van der Waals surface area contributed by atoms with Crippen molar-refractivity contribution in [3.63, 3.8) is 0 Å². The molecule has 0 bridgehead atoms. The lowest BCUT2D eigenvalue weighted by atomic mass is 10.1. The molecule has 0 unspecified atom stereocenters. The summed E-state index contributed by atoms with van der Waals surface area (Å²) in [6.07, 6.45) is 3.84. The van der Waals surface area contributed by atoms with Crippen LogP contribution in [0.5, 0.6) is 5.75 Å². The highest BCUT2D eigenvalue weighted by molar-refractivity contribution is 5.82.